The summed E-state index contributed by atoms with van der Waals surface area (Å²) in [5.41, 5.74) is -0.972. The normalized spacial score (nSPS) is 35.7. The Hall–Kier alpha value is -1.19. The van der Waals surface area contributed by atoms with Crippen molar-refractivity contribution in [1.29, 1.82) is 0 Å². The fourth-order valence-electron chi connectivity index (χ4n) is 6.43. The number of ether oxygens (including phenoxy) is 1. The summed E-state index contributed by atoms with van der Waals surface area (Å²) in [6.07, 6.45) is 8.44. The molecule has 1 aliphatic carbocycles. The highest BCUT2D eigenvalue weighted by Gasteiger charge is 2.76. The number of nitrogens with zero attached hydrogens (tertiary/aromatic N) is 1. The molecule has 3 aliphatic heterocycles. The summed E-state index contributed by atoms with van der Waals surface area (Å²) < 4.78 is 6.49. The SMILES string of the molecule is CCCNC(=O)[C@H]1[C@H]2C(=O)N(CCCCCO)C(C(=O)NC3CCCCC3)C23CC(Br)[C@@H]1O3. The molecule has 2 bridgehead atoms. The van der Waals surface area contributed by atoms with Crippen molar-refractivity contribution in [2.75, 3.05) is 19.7 Å². The van der Waals surface area contributed by atoms with E-state index in [1.807, 2.05) is 6.92 Å². The largest absolute Gasteiger partial charge is 0.396 e. The van der Waals surface area contributed by atoms with Crippen LogP contribution in [0.4, 0.5) is 0 Å². The average Bonchev–Trinajstić information content (AvgIpc) is 3.39. The van der Waals surface area contributed by atoms with Gasteiger partial charge in [-0.1, -0.05) is 42.1 Å². The number of rotatable bonds is 10. The van der Waals surface area contributed by atoms with E-state index in [4.69, 9.17) is 9.84 Å². The molecule has 3 unspecified atom stereocenters. The van der Waals surface area contributed by atoms with Crippen LogP contribution in [-0.4, -0.2) is 76.0 Å². The number of carbonyl (C=O) groups is 3. The first-order valence-electron chi connectivity index (χ1n) is 12.8. The molecule has 1 spiro atoms. The van der Waals surface area contributed by atoms with Crippen LogP contribution in [-0.2, 0) is 19.1 Å². The minimum Gasteiger partial charge on any atom is -0.396 e. The number of hydrogen-bond donors (Lipinski definition) is 3. The van der Waals surface area contributed by atoms with E-state index in [0.29, 0.717) is 32.4 Å². The molecular weight excluding hydrogens is 490 g/mol. The van der Waals surface area contributed by atoms with E-state index in [-0.39, 0.29) is 35.2 Å². The molecule has 0 aromatic rings. The van der Waals surface area contributed by atoms with Gasteiger partial charge in [-0.25, -0.2) is 0 Å². The Bertz CT molecular complexity index is 746. The molecule has 4 fully saturated rings. The monoisotopic (exact) mass is 527 g/mol. The van der Waals surface area contributed by atoms with Crippen molar-refractivity contribution >= 4 is 33.7 Å². The van der Waals surface area contributed by atoms with Crippen LogP contribution in [0.25, 0.3) is 0 Å². The molecule has 0 aromatic heterocycles. The summed E-state index contributed by atoms with van der Waals surface area (Å²) in [5.74, 6) is -1.65. The number of amides is 3. The van der Waals surface area contributed by atoms with Gasteiger partial charge in [-0.15, -0.1) is 0 Å². The lowest BCUT2D eigenvalue weighted by Gasteiger charge is -2.35. The first kappa shape index (κ1) is 24.9. The molecule has 4 rings (SSSR count). The van der Waals surface area contributed by atoms with Gasteiger partial charge in [0.05, 0.1) is 17.9 Å². The zero-order chi connectivity index (χ0) is 23.6. The van der Waals surface area contributed by atoms with Crippen LogP contribution in [0.5, 0.6) is 0 Å². The highest BCUT2D eigenvalue weighted by atomic mass is 79.9. The predicted octanol–water partition coefficient (Wildman–Crippen LogP) is 1.87. The van der Waals surface area contributed by atoms with Gasteiger partial charge in [0, 0.05) is 30.6 Å². The number of carbonyl (C=O) groups excluding carboxylic acids is 3. The number of likely N-dealkylation sites (tertiary alicyclic amines) is 1. The molecule has 33 heavy (non-hydrogen) atoms. The maximum absolute atomic E-state index is 13.8. The van der Waals surface area contributed by atoms with Crippen molar-refractivity contribution in [3.05, 3.63) is 0 Å². The van der Waals surface area contributed by atoms with Crippen molar-refractivity contribution in [3.8, 4) is 0 Å². The summed E-state index contributed by atoms with van der Waals surface area (Å²) in [6.45, 7) is 3.10. The van der Waals surface area contributed by atoms with E-state index in [1.165, 1.54) is 6.42 Å². The second-order valence-electron chi connectivity index (χ2n) is 10.1. The number of aliphatic hydroxyl groups excluding tert-OH is 1. The lowest BCUT2D eigenvalue weighted by atomic mass is 9.70. The van der Waals surface area contributed by atoms with E-state index in [2.05, 4.69) is 26.6 Å². The van der Waals surface area contributed by atoms with E-state index < -0.39 is 29.6 Å². The Morgan fingerprint density at radius 2 is 1.94 bits per heavy atom. The smallest absolute Gasteiger partial charge is 0.246 e. The van der Waals surface area contributed by atoms with Crippen LogP contribution in [0.15, 0.2) is 0 Å². The number of hydrogen-bond acceptors (Lipinski definition) is 5. The van der Waals surface area contributed by atoms with Gasteiger partial charge in [0.25, 0.3) is 0 Å². The molecule has 0 aromatic carbocycles. The Labute approximate surface area is 204 Å². The number of aliphatic hydroxyl groups is 1. The molecular formula is C24H38BrN3O5. The highest BCUT2D eigenvalue weighted by Crippen LogP contribution is 2.60. The number of alkyl halides is 1. The van der Waals surface area contributed by atoms with Gasteiger partial charge in [0.2, 0.25) is 17.7 Å². The van der Waals surface area contributed by atoms with Crippen LogP contribution < -0.4 is 10.6 Å². The Morgan fingerprint density at radius 3 is 2.64 bits per heavy atom. The average molecular weight is 528 g/mol. The Balaban J connectivity index is 1.61. The number of unbranched alkanes of at least 4 members (excludes halogenated alkanes) is 2. The van der Waals surface area contributed by atoms with Gasteiger partial charge in [-0.05, 0) is 44.9 Å². The predicted molar refractivity (Wildman–Crippen MR) is 127 cm³/mol. The van der Waals surface area contributed by atoms with E-state index >= 15 is 0 Å². The van der Waals surface area contributed by atoms with Crippen LogP contribution in [0, 0.1) is 11.8 Å². The molecule has 186 valence electrons. The van der Waals surface area contributed by atoms with Gasteiger partial charge in [0.1, 0.15) is 11.6 Å². The summed E-state index contributed by atoms with van der Waals surface area (Å²) in [6, 6.07) is -0.588. The minimum absolute atomic E-state index is 0.0711. The van der Waals surface area contributed by atoms with Crippen molar-refractivity contribution in [2.24, 2.45) is 11.8 Å². The fourth-order valence-corrected chi connectivity index (χ4v) is 7.38. The minimum atomic E-state index is -0.972. The maximum Gasteiger partial charge on any atom is 0.246 e. The summed E-state index contributed by atoms with van der Waals surface area (Å²) >= 11 is 3.70. The topological polar surface area (TPSA) is 108 Å². The van der Waals surface area contributed by atoms with E-state index in [0.717, 1.165) is 38.5 Å². The molecule has 3 N–H and O–H groups in total. The third-order valence-corrected chi connectivity index (χ3v) is 8.74. The molecule has 0 radical (unpaired) electrons. The summed E-state index contributed by atoms with van der Waals surface area (Å²) in [4.78, 5) is 42.2. The highest BCUT2D eigenvalue weighted by molar-refractivity contribution is 9.09. The van der Waals surface area contributed by atoms with Crippen molar-refractivity contribution in [2.45, 2.75) is 99.7 Å². The number of nitrogens with one attached hydrogen (secondary N) is 2. The lowest BCUT2D eigenvalue weighted by Crippen LogP contribution is -2.57. The number of fused-ring (bicyclic) bond motifs is 1. The molecule has 3 saturated heterocycles. The van der Waals surface area contributed by atoms with Gasteiger partial charge in [-0.2, -0.15) is 0 Å². The van der Waals surface area contributed by atoms with Gasteiger partial charge >= 0.3 is 0 Å². The molecule has 4 aliphatic rings. The van der Waals surface area contributed by atoms with Crippen LogP contribution in [0.1, 0.15) is 71.1 Å². The summed E-state index contributed by atoms with van der Waals surface area (Å²) in [5, 5.41) is 15.3. The third kappa shape index (κ3) is 4.57. The van der Waals surface area contributed by atoms with Gasteiger partial charge < -0.3 is 25.4 Å². The van der Waals surface area contributed by atoms with Gasteiger partial charge in [0.15, 0.2) is 0 Å². The van der Waals surface area contributed by atoms with E-state index in [9.17, 15) is 14.4 Å². The van der Waals surface area contributed by atoms with E-state index in [1.54, 1.807) is 4.90 Å². The first-order chi connectivity index (χ1) is 15.9. The first-order valence-corrected chi connectivity index (χ1v) is 13.7. The van der Waals surface area contributed by atoms with Crippen LogP contribution >= 0.6 is 15.9 Å². The standard InChI is InChI=1S/C24H38BrN3O5/c1-2-11-26-21(30)17-18-23(32)28(12-7-4-8-13-29)20(24(18)14-16(25)19(17)33-24)22(31)27-15-9-5-3-6-10-15/h15-20,29H,2-14H2,1H3,(H,26,30)(H,27,31)/t16?,17-,18-,19-,20?,24?/m0/s1. The fraction of sp³-hybridized carbons (Fsp3) is 0.875. The molecule has 6 atom stereocenters. The summed E-state index contributed by atoms with van der Waals surface area (Å²) in [7, 11) is 0. The molecule has 8 nitrogen and oxygen atoms in total. The number of halogens is 1. The Morgan fingerprint density at radius 1 is 1.18 bits per heavy atom. The lowest BCUT2D eigenvalue weighted by molar-refractivity contribution is -0.142. The van der Waals surface area contributed by atoms with Crippen molar-refractivity contribution in [1.82, 2.24) is 15.5 Å². The third-order valence-electron chi connectivity index (χ3n) is 7.90. The second-order valence-corrected chi connectivity index (χ2v) is 11.3. The molecule has 3 heterocycles. The second kappa shape index (κ2) is 10.6. The zero-order valence-corrected chi connectivity index (χ0v) is 21.1. The van der Waals surface area contributed by atoms with Crippen molar-refractivity contribution < 1.29 is 24.2 Å². The quantitative estimate of drug-likeness (QED) is 0.297. The van der Waals surface area contributed by atoms with Crippen LogP contribution in [0.3, 0.4) is 0 Å². The molecule has 9 heteroatoms. The van der Waals surface area contributed by atoms with Crippen LogP contribution in [0.2, 0.25) is 0 Å². The van der Waals surface area contributed by atoms with Crippen molar-refractivity contribution in [3.63, 3.8) is 0 Å². The molecule has 3 amide bonds. The molecule has 1 saturated carbocycles. The zero-order valence-electron chi connectivity index (χ0n) is 19.6. The Kier molecular flexibility index (Phi) is 8.01. The van der Waals surface area contributed by atoms with Gasteiger partial charge in [-0.3, -0.25) is 14.4 Å². The maximum atomic E-state index is 13.8.